The van der Waals surface area contributed by atoms with Gasteiger partial charge in [0, 0.05) is 22.9 Å². The van der Waals surface area contributed by atoms with Crippen LogP contribution in [0.25, 0.3) is 6.08 Å². The molecule has 0 aliphatic carbocycles. The number of Topliss-reactive ketones (excluding diaryl/α,β-unsaturated/α-hetero) is 1. The fourth-order valence-corrected chi connectivity index (χ4v) is 2.75. The van der Waals surface area contributed by atoms with Crippen molar-refractivity contribution < 1.29 is 27.1 Å². The number of benzene rings is 2. The summed E-state index contributed by atoms with van der Waals surface area (Å²) in [5.74, 6) is -1.71. The fourth-order valence-electron chi connectivity index (χ4n) is 2.19. The van der Waals surface area contributed by atoms with Crippen molar-refractivity contribution in [3.05, 3.63) is 71.6 Å². The largest absolute Gasteiger partial charge is 0.451 e. The topological polar surface area (TPSA) is 89.5 Å². The third kappa shape index (κ3) is 6.34. The zero-order valence-electron chi connectivity index (χ0n) is 14.7. The van der Waals surface area contributed by atoms with E-state index in [4.69, 9.17) is 4.74 Å². The van der Waals surface area contributed by atoms with Crippen molar-refractivity contribution in [3.8, 4) is 0 Å². The van der Waals surface area contributed by atoms with Crippen molar-refractivity contribution in [1.29, 1.82) is 0 Å². The molecule has 1 N–H and O–H groups in total. The summed E-state index contributed by atoms with van der Waals surface area (Å²) in [6.45, 7) is 1.42. The normalized spacial score (nSPS) is 12.6. The second kappa shape index (κ2) is 8.59. The van der Waals surface area contributed by atoms with Gasteiger partial charge < -0.3 is 4.74 Å². The van der Waals surface area contributed by atoms with Gasteiger partial charge in [0.25, 0.3) is 0 Å². The maximum absolute atomic E-state index is 13.5. The van der Waals surface area contributed by atoms with Gasteiger partial charge in [0.2, 0.25) is 15.8 Å². The van der Waals surface area contributed by atoms with Gasteiger partial charge in [-0.25, -0.2) is 17.6 Å². The smallest absolute Gasteiger partial charge is 0.331 e. The molecule has 0 saturated carbocycles. The molecule has 0 aliphatic rings. The van der Waals surface area contributed by atoms with E-state index in [1.165, 1.54) is 55.5 Å². The lowest BCUT2D eigenvalue weighted by Crippen LogP contribution is -2.23. The van der Waals surface area contributed by atoms with Crippen LogP contribution in [0.15, 0.2) is 54.6 Å². The van der Waals surface area contributed by atoms with Crippen molar-refractivity contribution in [2.24, 2.45) is 0 Å². The van der Waals surface area contributed by atoms with Crippen LogP contribution < -0.4 is 4.72 Å². The van der Waals surface area contributed by atoms with Gasteiger partial charge in [-0.3, -0.25) is 9.52 Å². The molecule has 0 amide bonds. The highest BCUT2D eigenvalue weighted by Crippen LogP contribution is 2.14. The molecule has 0 fully saturated rings. The van der Waals surface area contributed by atoms with E-state index in [1.807, 2.05) is 0 Å². The molecule has 6 nitrogen and oxygen atoms in total. The Morgan fingerprint density at radius 1 is 1.11 bits per heavy atom. The maximum atomic E-state index is 13.5. The molecule has 0 spiro atoms. The number of esters is 1. The summed E-state index contributed by atoms with van der Waals surface area (Å²) >= 11 is 0. The second-order valence-corrected chi connectivity index (χ2v) is 7.50. The fraction of sp³-hybridized carbons (Fsp3) is 0.158. The Hall–Kier alpha value is -3.00. The van der Waals surface area contributed by atoms with Gasteiger partial charge in [-0.15, -0.1) is 0 Å². The highest BCUT2D eigenvalue weighted by molar-refractivity contribution is 7.92. The summed E-state index contributed by atoms with van der Waals surface area (Å²) in [7, 11) is -3.41. The van der Waals surface area contributed by atoms with E-state index < -0.39 is 33.7 Å². The number of ketones is 1. The summed E-state index contributed by atoms with van der Waals surface area (Å²) < 4.78 is 43.1. The number of hydrogen-bond donors (Lipinski definition) is 1. The van der Waals surface area contributed by atoms with E-state index >= 15 is 0 Å². The number of rotatable bonds is 7. The molecule has 2 rings (SSSR count). The van der Waals surface area contributed by atoms with Crippen LogP contribution in [0.1, 0.15) is 22.8 Å². The average molecular weight is 391 g/mol. The van der Waals surface area contributed by atoms with Crippen molar-refractivity contribution in [1.82, 2.24) is 0 Å². The number of carbonyl (C=O) groups is 2. The second-order valence-electron chi connectivity index (χ2n) is 5.75. The van der Waals surface area contributed by atoms with Crippen LogP contribution >= 0.6 is 0 Å². The first-order valence-electron chi connectivity index (χ1n) is 7.91. The summed E-state index contributed by atoms with van der Waals surface area (Å²) in [5.41, 5.74) is 0.793. The Morgan fingerprint density at radius 2 is 1.74 bits per heavy atom. The monoisotopic (exact) mass is 391 g/mol. The minimum atomic E-state index is -3.41. The Labute approximate surface area is 156 Å². The zero-order valence-corrected chi connectivity index (χ0v) is 15.5. The highest BCUT2D eigenvalue weighted by Gasteiger charge is 2.18. The molecular weight excluding hydrogens is 373 g/mol. The van der Waals surface area contributed by atoms with Crippen molar-refractivity contribution in [2.45, 2.75) is 13.0 Å². The Bertz CT molecular complexity index is 968. The molecule has 2 aromatic carbocycles. The van der Waals surface area contributed by atoms with Gasteiger partial charge in [-0.2, -0.15) is 0 Å². The van der Waals surface area contributed by atoms with Crippen LogP contribution in [0.4, 0.5) is 10.1 Å². The lowest BCUT2D eigenvalue weighted by Gasteiger charge is -2.11. The first-order valence-corrected chi connectivity index (χ1v) is 9.80. The molecular formula is C19H18FNO5S. The number of ether oxygens (including phenoxy) is 1. The quantitative estimate of drug-likeness (QED) is 0.445. The lowest BCUT2D eigenvalue weighted by molar-refractivity contribution is -0.140. The van der Waals surface area contributed by atoms with E-state index in [2.05, 4.69) is 4.72 Å². The van der Waals surface area contributed by atoms with Gasteiger partial charge in [0.05, 0.1) is 6.26 Å². The van der Waals surface area contributed by atoms with Gasteiger partial charge in [0.15, 0.2) is 6.10 Å². The predicted molar refractivity (Wildman–Crippen MR) is 100 cm³/mol. The van der Waals surface area contributed by atoms with Gasteiger partial charge in [-0.1, -0.05) is 18.2 Å². The number of anilines is 1. The van der Waals surface area contributed by atoms with Gasteiger partial charge in [-0.05, 0) is 43.3 Å². The van der Waals surface area contributed by atoms with E-state index in [9.17, 15) is 22.4 Å². The molecule has 0 unspecified atom stereocenters. The summed E-state index contributed by atoms with van der Waals surface area (Å²) in [4.78, 5) is 24.1. The molecule has 1 atom stereocenters. The molecule has 8 heteroatoms. The number of halogens is 1. The Kier molecular flexibility index (Phi) is 6.46. The average Bonchev–Trinajstić information content (AvgIpc) is 2.59. The summed E-state index contributed by atoms with van der Waals surface area (Å²) in [5, 5.41) is 0. The van der Waals surface area contributed by atoms with Crippen LogP contribution in [-0.4, -0.2) is 32.5 Å². The molecule has 0 radical (unpaired) electrons. The van der Waals surface area contributed by atoms with E-state index in [0.29, 0.717) is 5.69 Å². The molecule has 2 aromatic rings. The number of hydrogen-bond acceptors (Lipinski definition) is 5. The minimum absolute atomic E-state index is 0.224. The summed E-state index contributed by atoms with van der Waals surface area (Å²) in [6, 6.07) is 11.6. The van der Waals surface area contributed by atoms with Crippen LogP contribution in [0.2, 0.25) is 0 Å². The van der Waals surface area contributed by atoms with Crippen molar-refractivity contribution >= 4 is 33.5 Å². The maximum Gasteiger partial charge on any atom is 0.331 e. The third-order valence-electron chi connectivity index (χ3n) is 3.44. The van der Waals surface area contributed by atoms with E-state index in [-0.39, 0.29) is 11.1 Å². The van der Waals surface area contributed by atoms with Crippen LogP contribution in [0, 0.1) is 5.82 Å². The Morgan fingerprint density at radius 3 is 2.33 bits per heavy atom. The Balaban J connectivity index is 1.98. The molecule has 142 valence electrons. The van der Waals surface area contributed by atoms with Crippen LogP contribution in [0.5, 0.6) is 0 Å². The molecule has 0 aromatic heterocycles. The first-order chi connectivity index (χ1) is 12.7. The third-order valence-corrected chi connectivity index (χ3v) is 4.05. The van der Waals surface area contributed by atoms with Crippen molar-refractivity contribution in [3.63, 3.8) is 0 Å². The van der Waals surface area contributed by atoms with Gasteiger partial charge in [0.1, 0.15) is 5.82 Å². The van der Waals surface area contributed by atoms with Crippen LogP contribution in [-0.2, 0) is 19.6 Å². The number of carbonyl (C=O) groups excluding carboxylic acids is 2. The van der Waals surface area contributed by atoms with Crippen LogP contribution in [0.3, 0.4) is 0 Å². The molecule has 0 saturated heterocycles. The highest BCUT2D eigenvalue weighted by atomic mass is 32.2. The van der Waals surface area contributed by atoms with Crippen molar-refractivity contribution in [2.75, 3.05) is 11.0 Å². The minimum Gasteiger partial charge on any atom is -0.451 e. The molecule has 0 bridgehead atoms. The molecule has 0 aliphatic heterocycles. The van der Waals surface area contributed by atoms with E-state index in [0.717, 1.165) is 12.3 Å². The molecule has 27 heavy (non-hydrogen) atoms. The number of nitrogens with one attached hydrogen (secondary N) is 1. The first kappa shape index (κ1) is 20.3. The predicted octanol–water partition coefficient (Wildman–Crippen LogP) is 3.03. The zero-order chi connectivity index (χ0) is 20.0. The molecule has 0 heterocycles. The van der Waals surface area contributed by atoms with Gasteiger partial charge >= 0.3 is 5.97 Å². The lowest BCUT2D eigenvalue weighted by atomic mass is 10.1. The van der Waals surface area contributed by atoms with E-state index in [1.54, 1.807) is 6.07 Å². The SMILES string of the molecule is C[C@H](OC(=O)/C=C/c1ccccc1F)C(=O)c1ccc(NS(C)(=O)=O)cc1. The summed E-state index contributed by atoms with van der Waals surface area (Å²) in [6.07, 6.45) is 2.26. The standard InChI is InChI=1S/C19H18FNO5S/c1-13(26-18(22)12-9-14-5-3-4-6-17(14)20)19(23)15-7-10-16(11-8-15)21-27(2,24)25/h3-13,21H,1-2H3/b12-9+/t13-/m0/s1. The number of sulfonamides is 1.